The number of hydrazine groups is 1. The van der Waals surface area contributed by atoms with Crippen molar-refractivity contribution in [2.24, 2.45) is 15.8 Å². The summed E-state index contributed by atoms with van der Waals surface area (Å²) in [6.45, 7) is 6.76. The minimum atomic E-state index is -0.319. The molecule has 0 saturated heterocycles. The molecule has 0 fully saturated rings. The molecule has 2 N–H and O–H groups in total. The summed E-state index contributed by atoms with van der Waals surface area (Å²) in [5.41, 5.74) is 4.15. The Bertz CT molecular complexity index is 921. The molecule has 0 unspecified atom stereocenters. The topological polar surface area (TPSA) is 54.0 Å². The number of hydrogen-bond donors (Lipinski definition) is 1. The molecule has 3 rings (SSSR count). The van der Waals surface area contributed by atoms with E-state index >= 15 is 0 Å². The molecule has 2 aromatic rings. The summed E-state index contributed by atoms with van der Waals surface area (Å²) in [4.78, 5) is 9.37. The molecule has 0 saturated carbocycles. The lowest BCUT2D eigenvalue weighted by Crippen LogP contribution is -2.38. The Hall–Kier alpha value is -2.24. The van der Waals surface area contributed by atoms with Crippen molar-refractivity contribution in [1.29, 1.82) is 0 Å². The van der Waals surface area contributed by atoms with E-state index in [-0.39, 0.29) is 12.4 Å². The van der Waals surface area contributed by atoms with Crippen molar-refractivity contribution >= 4 is 28.8 Å². The summed E-state index contributed by atoms with van der Waals surface area (Å²) >= 11 is 6.75. The molecule has 6 heteroatoms. The maximum Gasteiger partial charge on any atom is 0.141 e. The standard InChI is InChI=1S/C21H24ClFN4/c1-4-6-14-8-10-17-19(20(14)22)21(15-9-7-13(3)11-16(15)23)25-12-18(26-17)27(24)5-2/h7-11H,4-6,12,24H2,1-3H3. The van der Waals surface area contributed by atoms with Gasteiger partial charge in [0.25, 0.3) is 0 Å². The van der Waals surface area contributed by atoms with Gasteiger partial charge in [0.15, 0.2) is 0 Å². The Labute approximate surface area is 164 Å². The quantitative estimate of drug-likeness (QED) is 0.605. The van der Waals surface area contributed by atoms with Gasteiger partial charge in [0.2, 0.25) is 0 Å². The number of aryl methyl sites for hydroxylation is 2. The minimum Gasteiger partial charge on any atom is -0.297 e. The Balaban J connectivity index is 2.25. The first-order valence-corrected chi connectivity index (χ1v) is 9.56. The van der Waals surface area contributed by atoms with E-state index in [1.54, 1.807) is 11.1 Å². The molecule has 0 aliphatic carbocycles. The van der Waals surface area contributed by atoms with Gasteiger partial charge in [-0.15, -0.1) is 0 Å². The number of likely N-dealkylation sites (N-methyl/N-ethyl adjacent to an activating group) is 1. The fourth-order valence-electron chi connectivity index (χ4n) is 3.16. The zero-order valence-corrected chi connectivity index (χ0v) is 16.6. The summed E-state index contributed by atoms with van der Waals surface area (Å²) in [6, 6.07) is 9.03. The van der Waals surface area contributed by atoms with Crippen molar-refractivity contribution in [2.45, 2.75) is 33.6 Å². The summed E-state index contributed by atoms with van der Waals surface area (Å²) in [7, 11) is 0. The van der Waals surface area contributed by atoms with Crippen LogP contribution in [-0.4, -0.2) is 29.6 Å². The molecule has 0 radical (unpaired) electrons. The largest absolute Gasteiger partial charge is 0.297 e. The van der Waals surface area contributed by atoms with Gasteiger partial charge in [0.05, 0.1) is 23.0 Å². The normalized spacial score (nSPS) is 13.6. The van der Waals surface area contributed by atoms with Crippen LogP contribution in [-0.2, 0) is 6.42 Å². The number of aliphatic imine (C=N–C) groups is 2. The molecule has 142 valence electrons. The van der Waals surface area contributed by atoms with E-state index in [0.717, 1.165) is 24.0 Å². The van der Waals surface area contributed by atoms with E-state index in [9.17, 15) is 4.39 Å². The number of benzene rings is 2. The monoisotopic (exact) mass is 386 g/mol. The Kier molecular flexibility index (Phi) is 5.92. The van der Waals surface area contributed by atoms with Gasteiger partial charge in [-0.25, -0.2) is 15.2 Å². The molecule has 0 atom stereocenters. The number of halogens is 2. The summed E-state index contributed by atoms with van der Waals surface area (Å²) < 4.78 is 14.8. The number of rotatable bonds is 4. The third-order valence-electron chi connectivity index (χ3n) is 4.64. The van der Waals surface area contributed by atoms with Crippen LogP contribution in [0.15, 0.2) is 40.3 Å². The molecule has 4 nitrogen and oxygen atoms in total. The van der Waals surface area contributed by atoms with Crippen LogP contribution in [0.4, 0.5) is 10.1 Å². The second-order valence-corrected chi connectivity index (χ2v) is 7.02. The van der Waals surface area contributed by atoms with Crippen LogP contribution in [0.1, 0.15) is 42.5 Å². The number of fused-ring (bicyclic) bond motifs is 1. The van der Waals surface area contributed by atoms with E-state index in [1.807, 2.05) is 32.0 Å². The van der Waals surface area contributed by atoms with Crippen molar-refractivity contribution in [2.75, 3.05) is 13.1 Å². The molecule has 0 aromatic heterocycles. The van der Waals surface area contributed by atoms with E-state index in [2.05, 4.69) is 11.9 Å². The lowest BCUT2D eigenvalue weighted by Gasteiger charge is -2.16. The van der Waals surface area contributed by atoms with Crippen LogP contribution in [0, 0.1) is 12.7 Å². The van der Waals surface area contributed by atoms with Crippen molar-refractivity contribution in [3.8, 4) is 0 Å². The van der Waals surface area contributed by atoms with Gasteiger partial charge in [-0.1, -0.05) is 37.1 Å². The van der Waals surface area contributed by atoms with Gasteiger partial charge >= 0.3 is 0 Å². The molecule has 0 bridgehead atoms. The Morgan fingerprint density at radius 3 is 2.67 bits per heavy atom. The summed E-state index contributed by atoms with van der Waals surface area (Å²) in [5.74, 6) is 6.36. The zero-order chi connectivity index (χ0) is 19.6. The molecular formula is C21H24ClFN4. The van der Waals surface area contributed by atoms with E-state index in [4.69, 9.17) is 22.4 Å². The highest BCUT2D eigenvalue weighted by atomic mass is 35.5. The average molecular weight is 387 g/mol. The number of hydrogen-bond acceptors (Lipinski definition) is 4. The first-order valence-electron chi connectivity index (χ1n) is 9.18. The lowest BCUT2D eigenvalue weighted by atomic mass is 9.96. The zero-order valence-electron chi connectivity index (χ0n) is 15.9. The van der Waals surface area contributed by atoms with E-state index in [0.29, 0.717) is 39.9 Å². The smallest absolute Gasteiger partial charge is 0.141 e. The first kappa shape index (κ1) is 19.5. The molecule has 1 aliphatic rings. The molecule has 0 spiro atoms. The maximum atomic E-state index is 14.8. The molecule has 1 heterocycles. The van der Waals surface area contributed by atoms with Crippen molar-refractivity contribution in [1.82, 2.24) is 5.01 Å². The maximum absolute atomic E-state index is 14.8. The third-order valence-corrected chi connectivity index (χ3v) is 5.07. The predicted octanol–water partition coefficient (Wildman–Crippen LogP) is 4.82. The Morgan fingerprint density at radius 1 is 1.22 bits per heavy atom. The molecule has 27 heavy (non-hydrogen) atoms. The minimum absolute atomic E-state index is 0.265. The van der Waals surface area contributed by atoms with Gasteiger partial charge in [0, 0.05) is 17.7 Å². The highest BCUT2D eigenvalue weighted by molar-refractivity contribution is 6.37. The van der Waals surface area contributed by atoms with Crippen LogP contribution in [0.25, 0.3) is 0 Å². The van der Waals surface area contributed by atoms with Crippen LogP contribution in [0.3, 0.4) is 0 Å². The fourth-order valence-corrected chi connectivity index (χ4v) is 3.51. The van der Waals surface area contributed by atoms with Gasteiger partial charge in [-0.05, 0) is 49.6 Å². The van der Waals surface area contributed by atoms with Crippen LogP contribution in [0.5, 0.6) is 0 Å². The van der Waals surface area contributed by atoms with Crippen LogP contribution >= 0.6 is 11.6 Å². The van der Waals surface area contributed by atoms with Gasteiger partial charge < -0.3 is 0 Å². The summed E-state index contributed by atoms with van der Waals surface area (Å²) in [5, 5.41) is 2.13. The summed E-state index contributed by atoms with van der Waals surface area (Å²) in [6.07, 6.45) is 1.80. The SMILES string of the molecule is CCCc1ccc2c(c1Cl)C(c1ccc(C)cc1F)=NCC(N(N)CC)=N2. The van der Waals surface area contributed by atoms with Crippen LogP contribution in [0.2, 0.25) is 5.02 Å². The van der Waals surface area contributed by atoms with Gasteiger partial charge in [0.1, 0.15) is 11.7 Å². The lowest BCUT2D eigenvalue weighted by molar-refractivity contribution is 0.459. The highest BCUT2D eigenvalue weighted by Crippen LogP contribution is 2.35. The first-order chi connectivity index (χ1) is 13.0. The molecule has 1 aliphatic heterocycles. The van der Waals surface area contributed by atoms with E-state index < -0.39 is 0 Å². The second kappa shape index (κ2) is 8.19. The van der Waals surface area contributed by atoms with Crippen molar-refractivity contribution in [3.05, 3.63) is 63.4 Å². The molecule has 2 aromatic carbocycles. The van der Waals surface area contributed by atoms with Crippen molar-refractivity contribution < 1.29 is 4.39 Å². The van der Waals surface area contributed by atoms with Crippen LogP contribution < -0.4 is 5.84 Å². The number of nitrogens with zero attached hydrogens (tertiary/aromatic N) is 3. The number of amidine groups is 1. The van der Waals surface area contributed by atoms with Crippen molar-refractivity contribution in [3.63, 3.8) is 0 Å². The number of nitrogens with two attached hydrogens (primary N) is 1. The third kappa shape index (κ3) is 3.89. The van der Waals surface area contributed by atoms with Gasteiger partial charge in [-0.3, -0.25) is 10.0 Å². The van der Waals surface area contributed by atoms with E-state index in [1.165, 1.54) is 6.07 Å². The molecular weight excluding hydrogens is 363 g/mol. The van der Waals surface area contributed by atoms with Gasteiger partial charge in [-0.2, -0.15) is 0 Å². The fraction of sp³-hybridized carbons (Fsp3) is 0.333. The predicted molar refractivity (Wildman–Crippen MR) is 111 cm³/mol. The Morgan fingerprint density at radius 2 is 2.00 bits per heavy atom. The second-order valence-electron chi connectivity index (χ2n) is 6.64. The average Bonchev–Trinajstić information content (AvgIpc) is 2.84. The highest BCUT2D eigenvalue weighted by Gasteiger charge is 2.24. The molecule has 0 amide bonds.